The van der Waals surface area contributed by atoms with Crippen molar-refractivity contribution in [2.24, 2.45) is 5.73 Å². The van der Waals surface area contributed by atoms with Gasteiger partial charge in [-0.25, -0.2) is 9.59 Å². The Hall–Kier alpha value is -4.26. The number of aliphatic carboxylic acids is 1. The molecule has 1 aromatic heterocycles. The number of hydrogen-bond acceptors (Lipinski definition) is 9. The predicted molar refractivity (Wildman–Crippen MR) is 127 cm³/mol. The number of nitrogens with zero attached hydrogens (tertiary/aromatic N) is 3. The quantitative estimate of drug-likeness (QED) is 0.387. The number of aromatic nitrogens is 2. The highest BCUT2D eigenvalue weighted by atomic mass is 16.6. The van der Waals surface area contributed by atoms with E-state index < -0.39 is 60.9 Å². The van der Waals surface area contributed by atoms with Crippen LogP contribution in [-0.4, -0.2) is 68.2 Å². The van der Waals surface area contributed by atoms with E-state index in [2.05, 4.69) is 10.3 Å². The smallest absolute Gasteiger partial charge is 0.413 e. The molecule has 13 heteroatoms. The monoisotopic (exact) mass is 503 g/mol. The van der Waals surface area contributed by atoms with E-state index in [1.165, 1.54) is 12.3 Å². The first-order chi connectivity index (χ1) is 16.8. The normalized spacial score (nSPS) is 11.8. The molecular weight excluding hydrogens is 474 g/mol. The number of carboxylic acids is 1. The Morgan fingerprint density at radius 2 is 1.83 bits per heavy atom. The lowest BCUT2D eigenvalue weighted by Crippen LogP contribution is -2.50. The Bertz CT molecular complexity index is 1140. The van der Waals surface area contributed by atoms with Gasteiger partial charge in [-0.15, -0.1) is 0 Å². The van der Waals surface area contributed by atoms with Crippen molar-refractivity contribution in [2.45, 2.75) is 45.6 Å². The summed E-state index contributed by atoms with van der Waals surface area (Å²) in [4.78, 5) is 64.9. The van der Waals surface area contributed by atoms with Gasteiger partial charge in [0, 0.05) is 12.7 Å². The van der Waals surface area contributed by atoms with Crippen molar-refractivity contribution in [3.05, 3.63) is 58.6 Å². The molecule has 0 aliphatic rings. The summed E-state index contributed by atoms with van der Waals surface area (Å²) in [6, 6.07) is 8.94. The fraction of sp³-hybridized carbons (Fsp3) is 0.391. The zero-order chi connectivity index (χ0) is 26.9. The highest BCUT2D eigenvalue weighted by Gasteiger charge is 2.27. The van der Waals surface area contributed by atoms with E-state index >= 15 is 0 Å². The number of amides is 2. The zero-order valence-electron chi connectivity index (χ0n) is 20.2. The Balaban J connectivity index is 2.00. The third-order valence-corrected chi connectivity index (χ3v) is 4.43. The molecule has 1 atom stereocenters. The van der Waals surface area contributed by atoms with E-state index in [9.17, 15) is 24.0 Å². The van der Waals surface area contributed by atoms with E-state index in [1.807, 2.05) is 6.07 Å². The molecule has 2 rings (SSSR count). The molecule has 0 fully saturated rings. The van der Waals surface area contributed by atoms with Crippen LogP contribution < -0.4 is 16.7 Å². The van der Waals surface area contributed by atoms with Crippen molar-refractivity contribution in [1.82, 2.24) is 14.5 Å². The zero-order valence-corrected chi connectivity index (χ0v) is 20.2. The van der Waals surface area contributed by atoms with Gasteiger partial charge in [0.25, 0.3) is 0 Å². The number of benzene rings is 1. The summed E-state index contributed by atoms with van der Waals surface area (Å²) < 4.78 is 11.1. The average molecular weight is 504 g/mol. The highest BCUT2D eigenvalue weighted by Crippen LogP contribution is 2.09. The predicted octanol–water partition coefficient (Wildman–Crippen LogP) is 0.574. The van der Waals surface area contributed by atoms with Gasteiger partial charge in [-0.2, -0.15) is 4.98 Å². The van der Waals surface area contributed by atoms with Crippen molar-refractivity contribution in [2.75, 3.05) is 18.4 Å². The standard InChI is InChI=1S/C23H29N5O8/c1-23(2,3)36-20(32)16(24)11-28(13-19(30)31)18(29)12-27-10-9-17(25-21(27)33)26-22(34)35-14-15-7-5-4-6-8-15/h4-10,16H,11-14,24H2,1-3H3,(H,30,31)(H,25,26,33,34). The largest absolute Gasteiger partial charge is 0.480 e. The second kappa shape index (κ2) is 12.4. The van der Waals surface area contributed by atoms with Crippen molar-refractivity contribution in [3.63, 3.8) is 0 Å². The Kier molecular flexibility index (Phi) is 9.67. The van der Waals surface area contributed by atoms with Crippen LogP contribution in [0, 0.1) is 0 Å². The molecule has 0 spiro atoms. The average Bonchev–Trinajstić information content (AvgIpc) is 2.78. The third kappa shape index (κ3) is 9.54. The number of hydrogen-bond donors (Lipinski definition) is 3. The van der Waals surface area contributed by atoms with Crippen LogP contribution in [0.25, 0.3) is 0 Å². The van der Waals surface area contributed by atoms with Gasteiger partial charge < -0.3 is 25.2 Å². The van der Waals surface area contributed by atoms with Crippen LogP contribution in [0.15, 0.2) is 47.4 Å². The number of ether oxygens (including phenoxy) is 2. The maximum absolute atomic E-state index is 12.7. The Labute approximate surface area is 206 Å². The van der Waals surface area contributed by atoms with Crippen LogP contribution in [0.4, 0.5) is 10.6 Å². The van der Waals surface area contributed by atoms with Gasteiger partial charge in [0.1, 0.15) is 37.2 Å². The van der Waals surface area contributed by atoms with E-state index in [-0.39, 0.29) is 12.4 Å². The lowest BCUT2D eigenvalue weighted by Gasteiger charge is -2.26. The Morgan fingerprint density at radius 1 is 1.17 bits per heavy atom. The van der Waals surface area contributed by atoms with E-state index in [1.54, 1.807) is 45.0 Å². The molecule has 2 aromatic rings. The van der Waals surface area contributed by atoms with Crippen LogP contribution in [0.2, 0.25) is 0 Å². The van der Waals surface area contributed by atoms with Crippen molar-refractivity contribution >= 4 is 29.8 Å². The maximum Gasteiger partial charge on any atom is 0.413 e. The number of carbonyl (C=O) groups excluding carboxylic acids is 3. The first-order valence-corrected chi connectivity index (χ1v) is 10.9. The summed E-state index contributed by atoms with van der Waals surface area (Å²) >= 11 is 0. The van der Waals surface area contributed by atoms with Gasteiger partial charge in [-0.3, -0.25) is 24.3 Å². The molecule has 13 nitrogen and oxygen atoms in total. The molecule has 0 aliphatic heterocycles. The van der Waals surface area contributed by atoms with Crippen LogP contribution in [0.5, 0.6) is 0 Å². The fourth-order valence-electron chi connectivity index (χ4n) is 2.84. The molecule has 0 saturated heterocycles. The summed E-state index contributed by atoms with van der Waals surface area (Å²) in [6.45, 7) is 3.18. The second-order valence-electron chi connectivity index (χ2n) is 8.72. The lowest BCUT2D eigenvalue weighted by molar-refractivity contribution is -0.158. The highest BCUT2D eigenvalue weighted by molar-refractivity contribution is 5.84. The molecule has 0 saturated carbocycles. The van der Waals surface area contributed by atoms with E-state index in [4.69, 9.17) is 20.3 Å². The summed E-state index contributed by atoms with van der Waals surface area (Å²) in [5.41, 5.74) is 4.87. The molecule has 2 amide bonds. The number of anilines is 1. The van der Waals surface area contributed by atoms with E-state index in [0.717, 1.165) is 15.0 Å². The molecule has 0 radical (unpaired) electrons. The van der Waals surface area contributed by atoms with Gasteiger partial charge in [0.05, 0.1) is 0 Å². The fourth-order valence-corrected chi connectivity index (χ4v) is 2.84. The summed E-state index contributed by atoms with van der Waals surface area (Å²) in [6.07, 6.45) is 0.371. The van der Waals surface area contributed by atoms with Crippen LogP contribution in [-0.2, 0) is 37.0 Å². The number of carbonyl (C=O) groups is 4. The molecule has 1 heterocycles. The SMILES string of the molecule is CC(C)(C)OC(=O)C(N)CN(CC(=O)O)C(=O)Cn1ccc(NC(=O)OCc2ccccc2)nc1=O. The minimum absolute atomic E-state index is 0.0169. The van der Waals surface area contributed by atoms with E-state index in [0.29, 0.717) is 0 Å². The van der Waals surface area contributed by atoms with Gasteiger partial charge in [-0.05, 0) is 32.4 Å². The van der Waals surface area contributed by atoms with Crippen molar-refractivity contribution < 1.29 is 33.8 Å². The summed E-state index contributed by atoms with van der Waals surface area (Å²) in [5, 5.41) is 11.5. The molecule has 194 valence electrons. The Morgan fingerprint density at radius 3 is 2.42 bits per heavy atom. The third-order valence-electron chi connectivity index (χ3n) is 4.43. The van der Waals surface area contributed by atoms with Crippen molar-refractivity contribution in [1.29, 1.82) is 0 Å². The minimum atomic E-state index is -1.33. The first kappa shape index (κ1) is 28.0. The topological polar surface area (TPSA) is 183 Å². The molecule has 0 aliphatic carbocycles. The molecule has 1 unspecified atom stereocenters. The van der Waals surface area contributed by atoms with Gasteiger partial charge >= 0.3 is 23.7 Å². The number of rotatable bonds is 10. The van der Waals surface area contributed by atoms with Crippen LogP contribution in [0.1, 0.15) is 26.3 Å². The number of esters is 1. The lowest BCUT2D eigenvalue weighted by atomic mass is 10.2. The van der Waals surface area contributed by atoms with Crippen LogP contribution in [0.3, 0.4) is 0 Å². The number of carboxylic acid groups (broad SMARTS) is 1. The van der Waals surface area contributed by atoms with Gasteiger partial charge in [0.2, 0.25) is 5.91 Å². The first-order valence-electron chi connectivity index (χ1n) is 10.9. The summed E-state index contributed by atoms with van der Waals surface area (Å²) in [5.74, 6) is -3.03. The molecule has 4 N–H and O–H groups in total. The van der Waals surface area contributed by atoms with Gasteiger partial charge in [-0.1, -0.05) is 30.3 Å². The second-order valence-corrected chi connectivity index (χ2v) is 8.72. The molecule has 1 aromatic carbocycles. The minimum Gasteiger partial charge on any atom is -0.480 e. The van der Waals surface area contributed by atoms with Gasteiger partial charge in [0.15, 0.2) is 0 Å². The van der Waals surface area contributed by atoms with Crippen molar-refractivity contribution in [3.8, 4) is 0 Å². The number of nitrogens with one attached hydrogen (secondary N) is 1. The summed E-state index contributed by atoms with van der Waals surface area (Å²) in [7, 11) is 0. The maximum atomic E-state index is 12.7. The molecular formula is C23H29N5O8. The molecule has 0 bridgehead atoms. The van der Waals surface area contributed by atoms with Crippen LogP contribution >= 0.6 is 0 Å². The number of nitrogens with two attached hydrogens (primary N) is 1. The molecule has 36 heavy (non-hydrogen) atoms.